The van der Waals surface area contributed by atoms with E-state index < -0.39 is 0 Å². The predicted octanol–water partition coefficient (Wildman–Crippen LogP) is 2.26. The number of hydrogen-bond acceptors (Lipinski definition) is 3. The molecule has 0 aromatic carbocycles. The van der Waals surface area contributed by atoms with Crippen molar-refractivity contribution in [1.82, 2.24) is 14.5 Å². The van der Waals surface area contributed by atoms with E-state index in [1.807, 2.05) is 30.8 Å². The Balaban J connectivity index is 2.48. The van der Waals surface area contributed by atoms with Gasteiger partial charge in [-0.3, -0.25) is 4.79 Å². The molecule has 2 aromatic rings. The van der Waals surface area contributed by atoms with Crippen molar-refractivity contribution >= 4 is 17.9 Å². The van der Waals surface area contributed by atoms with E-state index >= 15 is 0 Å². The monoisotopic (exact) mass is 235 g/mol. The van der Waals surface area contributed by atoms with Gasteiger partial charge in [0.1, 0.15) is 5.15 Å². The van der Waals surface area contributed by atoms with E-state index in [0.29, 0.717) is 17.7 Å². The smallest absolute Gasteiger partial charge is 0.162 e. The van der Waals surface area contributed by atoms with Crippen LogP contribution >= 0.6 is 11.6 Å². The van der Waals surface area contributed by atoms with E-state index in [1.54, 1.807) is 0 Å². The lowest BCUT2D eigenvalue weighted by molar-refractivity contribution is 0.112. The van der Waals surface area contributed by atoms with Crippen molar-refractivity contribution < 1.29 is 4.79 Å². The van der Waals surface area contributed by atoms with E-state index in [4.69, 9.17) is 11.6 Å². The Morgan fingerprint density at radius 1 is 1.50 bits per heavy atom. The van der Waals surface area contributed by atoms with Crippen LogP contribution < -0.4 is 0 Å². The number of carbonyl (C=O) groups excluding carboxylic acids is 1. The quantitative estimate of drug-likeness (QED) is 0.593. The maximum absolute atomic E-state index is 10.6. The van der Waals surface area contributed by atoms with Crippen molar-refractivity contribution in [3.63, 3.8) is 0 Å². The number of halogens is 1. The van der Waals surface area contributed by atoms with Gasteiger partial charge in [-0.2, -0.15) is 0 Å². The van der Waals surface area contributed by atoms with E-state index in [0.717, 1.165) is 11.3 Å². The van der Waals surface area contributed by atoms with Crippen LogP contribution in [0.1, 0.15) is 16.1 Å². The zero-order valence-electron chi connectivity index (χ0n) is 8.94. The number of nitrogens with zero attached hydrogens (tertiary/aromatic N) is 3. The van der Waals surface area contributed by atoms with Crippen LogP contribution in [-0.4, -0.2) is 20.8 Å². The molecule has 0 spiro atoms. The van der Waals surface area contributed by atoms with Crippen molar-refractivity contribution in [3.05, 3.63) is 34.9 Å². The zero-order valence-corrected chi connectivity index (χ0v) is 9.69. The Labute approximate surface area is 97.9 Å². The van der Waals surface area contributed by atoms with Gasteiger partial charge in [0.2, 0.25) is 0 Å². The van der Waals surface area contributed by atoms with Gasteiger partial charge in [0.25, 0.3) is 0 Å². The second kappa shape index (κ2) is 4.06. The summed E-state index contributed by atoms with van der Waals surface area (Å²) in [4.78, 5) is 18.7. The SMILES string of the molecule is Cc1cc(-c2ncc(C=O)c(Cl)n2)cn1C. The highest BCUT2D eigenvalue weighted by atomic mass is 35.5. The summed E-state index contributed by atoms with van der Waals surface area (Å²) >= 11 is 5.84. The topological polar surface area (TPSA) is 47.8 Å². The van der Waals surface area contributed by atoms with Crippen LogP contribution in [-0.2, 0) is 7.05 Å². The first-order valence-electron chi connectivity index (χ1n) is 4.73. The maximum Gasteiger partial charge on any atom is 0.162 e. The van der Waals surface area contributed by atoms with Crippen LogP contribution in [0.25, 0.3) is 11.4 Å². The molecule has 0 aliphatic carbocycles. The van der Waals surface area contributed by atoms with E-state index in [1.165, 1.54) is 6.20 Å². The summed E-state index contributed by atoms with van der Waals surface area (Å²) in [5, 5.41) is 0.182. The highest BCUT2D eigenvalue weighted by molar-refractivity contribution is 6.31. The fourth-order valence-corrected chi connectivity index (χ4v) is 1.56. The second-order valence-corrected chi connectivity index (χ2v) is 3.90. The van der Waals surface area contributed by atoms with Crippen LogP contribution in [0.4, 0.5) is 0 Å². The van der Waals surface area contributed by atoms with E-state index in [9.17, 15) is 4.79 Å². The predicted molar refractivity (Wildman–Crippen MR) is 61.6 cm³/mol. The summed E-state index contributed by atoms with van der Waals surface area (Å²) < 4.78 is 1.97. The molecule has 0 unspecified atom stereocenters. The number of hydrogen-bond donors (Lipinski definition) is 0. The lowest BCUT2D eigenvalue weighted by Crippen LogP contribution is -1.93. The average Bonchev–Trinajstić information content (AvgIpc) is 2.59. The third-order valence-electron chi connectivity index (χ3n) is 2.41. The minimum Gasteiger partial charge on any atom is -0.354 e. The molecule has 0 aliphatic heterocycles. The summed E-state index contributed by atoms with van der Waals surface area (Å²) in [5.41, 5.74) is 2.30. The number of aromatic nitrogens is 3. The van der Waals surface area contributed by atoms with Gasteiger partial charge in [0, 0.05) is 30.7 Å². The van der Waals surface area contributed by atoms with Crippen LogP contribution in [0.3, 0.4) is 0 Å². The van der Waals surface area contributed by atoms with Gasteiger partial charge >= 0.3 is 0 Å². The van der Waals surface area contributed by atoms with Gasteiger partial charge in [-0.15, -0.1) is 0 Å². The molecule has 2 aromatic heterocycles. The van der Waals surface area contributed by atoms with E-state index in [-0.39, 0.29) is 5.15 Å². The molecule has 2 heterocycles. The van der Waals surface area contributed by atoms with Gasteiger partial charge in [-0.1, -0.05) is 11.6 Å². The molecular formula is C11H10ClN3O. The van der Waals surface area contributed by atoms with Crippen LogP contribution in [0.2, 0.25) is 5.15 Å². The van der Waals surface area contributed by atoms with Crippen molar-refractivity contribution in [2.24, 2.45) is 7.05 Å². The molecule has 0 amide bonds. The largest absolute Gasteiger partial charge is 0.354 e. The highest BCUT2D eigenvalue weighted by Gasteiger charge is 2.08. The first-order chi connectivity index (χ1) is 7.61. The Bertz CT molecular complexity index is 529. The molecule has 16 heavy (non-hydrogen) atoms. The summed E-state index contributed by atoms with van der Waals surface area (Å²) in [5.74, 6) is 0.527. The Morgan fingerprint density at radius 3 is 2.75 bits per heavy atom. The normalized spacial score (nSPS) is 10.4. The van der Waals surface area contributed by atoms with Gasteiger partial charge in [0.05, 0.1) is 5.56 Å². The number of aryl methyl sites for hydroxylation is 2. The van der Waals surface area contributed by atoms with Crippen molar-refractivity contribution in [2.75, 3.05) is 0 Å². The fraction of sp³-hybridized carbons (Fsp3) is 0.182. The van der Waals surface area contributed by atoms with Gasteiger partial charge in [-0.05, 0) is 13.0 Å². The standard InChI is InChI=1S/C11H10ClN3O/c1-7-3-8(5-15(7)2)11-13-4-9(6-16)10(12)14-11/h3-6H,1-2H3. The molecule has 2 rings (SSSR count). The lowest BCUT2D eigenvalue weighted by atomic mass is 10.3. The lowest BCUT2D eigenvalue weighted by Gasteiger charge is -1.98. The number of aldehydes is 1. The summed E-state index contributed by atoms with van der Waals surface area (Å²) in [6, 6.07) is 1.96. The molecule has 82 valence electrons. The van der Waals surface area contributed by atoms with Crippen LogP contribution in [0.15, 0.2) is 18.5 Å². The van der Waals surface area contributed by atoms with Gasteiger partial charge < -0.3 is 4.57 Å². The van der Waals surface area contributed by atoms with Crippen molar-refractivity contribution in [1.29, 1.82) is 0 Å². The van der Waals surface area contributed by atoms with Crippen molar-refractivity contribution in [3.8, 4) is 11.4 Å². The fourth-order valence-electron chi connectivity index (χ4n) is 1.39. The molecule has 0 aliphatic rings. The maximum atomic E-state index is 10.6. The minimum atomic E-state index is 0.182. The number of rotatable bonds is 2. The molecule has 0 atom stereocenters. The average molecular weight is 236 g/mol. The van der Waals surface area contributed by atoms with Crippen LogP contribution in [0, 0.1) is 6.92 Å². The van der Waals surface area contributed by atoms with Gasteiger partial charge in [0.15, 0.2) is 12.1 Å². The minimum absolute atomic E-state index is 0.182. The Hall–Kier alpha value is -1.68. The first-order valence-corrected chi connectivity index (χ1v) is 5.10. The number of carbonyl (C=O) groups is 1. The third-order valence-corrected chi connectivity index (χ3v) is 2.71. The first kappa shape index (κ1) is 10.8. The molecule has 4 nitrogen and oxygen atoms in total. The summed E-state index contributed by atoms with van der Waals surface area (Å²) in [6.45, 7) is 1.99. The summed E-state index contributed by atoms with van der Waals surface area (Å²) in [6.07, 6.45) is 3.99. The molecule has 0 fully saturated rings. The van der Waals surface area contributed by atoms with Gasteiger partial charge in [-0.25, -0.2) is 9.97 Å². The molecule has 5 heteroatoms. The third kappa shape index (κ3) is 1.84. The second-order valence-electron chi connectivity index (χ2n) is 3.54. The molecule has 0 radical (unpaired) electrons. The molecule has 0 N–H and O–H groups in total. The zero-order chi connectivity index (χ0) is 11.7. The molecule has 0 saturated heterocycles. The molecular weight excluding hydrogens is 226 g/mol. The van der Waals surface area contributed by atoms with Crippen molar-refractivity contribution in [2.45, 2.75) is 6.92 Å². The Morgan fingerprint density at radius 2 is 2.25 bits per heavy atom. The Kier molecular flexibility index (Phi) is 2.75. The molecule has 0 bridgehead atoms. The van der Waals surface area contributed by atoms with E-state index in [2.05, 4.69) is 9.97 Å². The van der Waals surface area contributed by atoms with Crippen LogP contribution in [0.5, 0.6) is 0 Å². The summed E-state index contributed by atoms with van der Waals surface area (Å²) in [7, 11) is 1.94. The highest BCUT2D eigenvalue weighted by Crippen LogP contribution is 2.20. The molecule has 0 saturated carbocycles.